The molecule has 11 heteroatoms. The van der Waals surface area contributed by atoms with Crippen molar-refractivity contribution in [1.82, 2.24) is 19.3 Å². The van der Waals surface area contributed by atoms with Crippen LogP contribution >= 0.6 is 27.5 Å². The molecule has 0 aliphatic rings. The lowest BCUT2D eigenvalue weighted by molar-refractivity contribution is 0.556. The minimum absolute atomic E-state index is 0.137. The Bertz CT molecular complexity index is 1380. The Morgan fingerprint density at radius 3 is 2.62 bits per heavy atom. The van der Waals surface area contributed by atoms with Gasteiger partial charge in [-0.15, -0.1) is 0 Å². The van der Waals surface area contributed by atoms with Crippen molar-refractivity contribution >= 4 is 49.0 Å². The van der Waals surface area contributed by atoms with Crippen LogP contribution in [0.15, 0.2) is 70.2 Å². The first-order valence-electron chi connectivity index (χ1n) is 9.64. The molecule has 2 aromatic carbocycles. The van der Waals surface area contributed by atoms with Crippen molar-refractivity contribution in [1.29, 1.82) is 0 Å². The van der Waals surface area contributed by atoms with Gasteiger partial charge in [0.2, 0.25) is 10.0 Å². The summed E-state index contributed by atoms with van der Waals surface area (Å²) >= 11 is 9.79. The molecule has 0 atom stereocenters. The highest BCUT2D eigenvalue weighted by atomic mass is 79.9. The van der Waals surface area contributed by atoms with E-state index in [1.807, 2.05) is 24.3 Å². The standard InChI is InChI=1S/C21H18BrClFN5O2S/c22-15-13-26-29-20(12-18(28-21(15)29)14-6-1-2-7-16(14)23)25-10-5-11-27-32(30,31)19-9-4-3-8-17(19)24/h1-4,6-9,12-13,25,27H,5,10-11H2. The van der Waals surface area contributed by atoms with Gasteiger partial charge in [0.1, 0.15) is 16.5 Å². The molecule has 0 saturated heterocycles. The van der Waals surface area contributed by atoms with Crippen LogP contribution < -0.4 is 10.0 Å². The average molecular weight is 539 g/mol. The van der Waals surface area contributed by atoms with E-state index in [4.69, 9.17) is 11.6 Å². The number of anilines is 1. The molecule has 0 fully saturated rings. The number of sulfonamides is 1. The molecule has 0 aliphatic carbocycles. The number of nitrogens with zero attached hydrogens (tertiary/aromatic N) is 3. The summed E-state index contributed by atoms with van der Waals surface area (Å²) in [4.78, 5) is 4.28. The molecule has 166 valence electrons. The number of aromatic nitrogens is 3. The number of fused-ring (bicyclic) bond motifs is 1. The third-order valence-electron chi connectivity index (χ3n) is 4.66. The molecule has 7 nitrogen and oxygen atoms in total. The van der Waals surface area contributed by atoms with Crippen LogP contribution in [0, 0.1) is 5.82 Å². The summed E-state index contributed by atoms with van der Waals surface area (Å²) in [6.45, 7) is 0.580. The average Bonchev–Trinajstić information content (AvgIpc) is 3.15. The Balaban J connectivity index is 1.47. The van der Waals surface area contributed by atoms with Crippen molar-refractivity contribution in [2.75, 3.05) is 18.4 Å². The van der Waals surface area contributed by atoms with E-state index < -0.39 is 15.8 Å². The van der Waals surface area contributed by atoms with Gasteiger partial charge >= 0.3 is 0 Å². The van der Waals surface area contributed by atoms with Gasteiger partial charge in [-0.2, -0.15) is 9.61 Å². The number of rotatable bonds is 8. The second kappa shape index (κ2) is 9.53. The minimum Gasteiger partial charge on any atom is -0.370 e. The molecule has 2 aromatic heterocycles. The van der Waals surface area contributed by atoms with Gasteiger partial charge in [0.25, 0.3) is 0 Å². The molecule has 0 bridgehead atoms. The second-order valence-electron chi connectivity index (χ2n) is 6.84. The third kappa shape index (κ3) is 4.78. The lowest BCUT2D eigenvalue weighted by atomic mass is 10.1. The number of benzene rings is 2. The van der Waals surface area contributed by atoms with E-state index >= 15 is 0 Å². The molecule has 4 rings (SSSR count). The predicted molar refractivity (Wildman–Crippen MR) is 126 cm³/mol. The molecule has 2 heterocycles. The number of halogens is 3. The van der Waals surface area contributed by atoms with Crippen LogP contribution in [0.25, 0.3) is 16.9 Å². The Morgan fingerprint density at radius 1 is 1.09 bits per heavy atom. The lowest BCUT2D eigenvalue weighted by Crippen LogP contribution is -2.27. The highest BCUT2D eigenvalue weighted by Crippen LogP contribution is 2.30. The fourth-order valence-electron chi connectivity index (χ4n) is 3.12. The largest absolute Gasteiger partial charge is 0.370 e. The number of nitrogens with one attached hydrogen (secondary N) is 2. The number of hydrogen-bond donors (Lipinski definition) is 2. The fourth-order valence-corrected chi connectivity index (χ4v) is 4.85. The van der Waals surface area contributed by atoms with Gasteiger partial charge in [-0.1, -0.05) is 41.9 Å². The molecule has 0 unspecified atom stereocenters. The molecule has 4 aromatic rings. The highest BCUT2D eigenvalue weighted by molar-refractivity contribution is 9.10. The maximum atomic E-state index is 13.8. The Hall–Kier alpha value is -2.53. The van der Waals surface area contributed by atoms with Gasteiger partial charge in [0.05, 0.1) is 16.4 Å². The fraction of sp³-hybridized carbons (Fsp3) is 0.143. The zero-order chi connectivity index (χ0) is 22.7. The summed E-state index contributed by atoms with van der Waals surface area (Å²) in [6, 6.07) is 14.5. The van der Waals surface area contributed by atoms with Gasteiger partial charge in [-0.25, -0.2) is 22.5 Å². The molecule has 0 saturated carbocycles. The van der Waals surface area contributed by atoms with E-state index in [9.17, 15) is 12.8 Å². The maximum absolute atomic E-state index is 13.8. The maximum Gasteiger partial charge on any atom is 0.243 e. The van der Waals surface area contributed by atoms with Crippen LogP contribution in [0.3, 0.4) is 0 Å². The molecule has 0 spiro atoms. The van der Waals surface area contributed by atoms with Crippen LogP contribution in [0.2, 0.25) is 5.02 Å². The summed E-state index contributed by atoms with van der Waals surface area (Å²) < 4.78 is 43.1. The van der Waals surface area contributed by atoms with Gasteiger partial charge in [0, 0.05) is 29.7 Å². The van der Waals surface area contributed by atoms with Crippen LogP contribution in [0.4, 0.5) is 10.2 Å². The van der Waals surface area contributed by atoms with E-state index in [-0.39, 0.29) is 11.4 Å². The highest BCUT2D eigenvalue weighted by Gasteiger charge is 2.18. The van der Waals surface area contributed by atoms with Crippen LogP contribution in [0.1, 0.15) is 6.42 Å². The van der Waals surface area contributed by atoms with E-state index in [2.05, 4.69) is 36.1 Å². The van der Waals surface area contributed by atoms with Gasteiger partial charge < -0.3 is 5.32 Å². The van der Waals surface area contributed by atoms with Crippen molar-refractivity contribution in [3.05, 3.63) is 76.1 Å². The van der Waals surface area contributed by atoms with E-state index in [1.54, 1.807) is 16.8 Å². The Kier molecular flexibility index (Phi) is 6.75. The zero-order valence-corrected chi connectivity index (χ0v) is 19.8. The van der Waals surface area contributed by atoms with Gasteiger partial charge in [0.15, 0.2) is 5.65 Å². The SMILES string of the molecule is O=S(=O)(NCCCNc1cc(-c2ccccc2Cl)nc2c(Br)cnn12)c1ccccc1F. The summed E-state index contributed by atoms with van der Waals surface area (Å²) in [7, 11) is -3.92. The zero-order valence-electron chi connectivity index (χ0n) is 16.6. The summed E-state index contributed by atoms with van der Waals surface area (Å²) in [5, 5.41) is 8.15. The first kappa shape index (κ1) is 22.7. The normalized spacial score (nSPS) is 11.7. The van der Waals surface area contributed by atoms with Crippen LogP contribution in [-0.2, 0) is 10.0 Å². The van der Waals surface area contributed by atoms with Crippen LogP contribution in [-0.4, -0.2) is 36.1 Å². The monoisotopic (exact) mass is 537 g/mol. The first-order valence-corrected chi connectivity index (χ1v) is 12.3. The van der Waals surface area contributed by atoms with Crippen molar-refractivity contribution in [3.63, 3.8) is 0 Å². The molecule has 0 radical (unpaired) electrons. The first-order chi connectivity index (χ1) is 15.4. The minimum atomic E-state index is -3.92. The quantitative estimate of drug-likeness (QED) is 0.317. The molecule has 0 aliphatic heterocycles. The Morgan fingerprint density at radius 2 is 1.84 bits per heavy atom. The van der Waals surface area contributed by atoms with Crippen molar-refractivity contribution in [2.24, 2.45) is 0 Å². The van der Waals surface area contributed by atoms with E-state index in [0.717, 1.165) is 16.1 Å². The Labute approximate surface area is 197 Å². The second-order valence-corrected chi connectivity index (χ2v) is 9.84. The third-order valence-corrected chi connectivity index (χ3v) is 7.04. The van der Waals surface area contributed by atoms with E-state index in [1.165, 1.54) is 18.2 Å². The van der Waals surface area contributed by atoms with Crippen molar-refractivity contribution in [3.8, 4) is 11.3 Å². The van der Waals surface area contributed by atoms with Gasteiger partial charge in [-0.3, -0.25) is 0 Å². The van der Waals surface area contributed by atoms with Crippen LogP contribution in [0.5, 0.6) is 0 Å². The molecular formula is C21H18BrClFN5O2S. The topological polar surface area (TPSA) is 88.4 Å². The lowest BCUT2D eigenvalue weighted by Gasteiger charge is -2.12. The molecular weight excluding hydrogens is 521 g/mol. The van der Waals surface area contributed by atoms with Crippen molar-refractivity contribution in [2.45, 2.75) is 11.3 Å². The van der Waals surface area contributed by atoms with Crippen molar-refractivity contribution < 1.29 is 12.8 Å². The molecule has 0 amide bonds. The smallest absolute Gasteiger partial charge is 0.243 e. The number of hydrogen-bond acceptors (Lipinski definition) is 5. The summed E-state index contributed by atoms with van der Waals surface area (Å²) in [5.74, 6) is -0.110. The predicted octanol–water partition coefficient (Wildman–Crippen LogP) is 4.73. The molecule has 2 N–H and O–H groups in total. The van der Waals surface area contributed by atoms with Gasteiger partial charge in [-0.05, 0) is 40.5 Å². The summed E-state index contributed by atoms with van der Waals surface area (Å²) in [5.41, 5.74) is 2.07. The summed E-state index contributed by atoms with van der Waals surface area (Å²) in [6.07, 6.45) is 2.10. The van der Waals surface area contributed by atoms with E-state index in [0.29, 0.717) is 35.1 Å². The molecule has 32 heavy (non-hydrogen) atoms.